The highest BCUT2D eigenvalue weighted by Crippen LogP contribution is 2.10. The lowest BCUT2D eigenvalue weighted by Crippen LogP contribution is -2.45. The van der Waals surface area contributed by atoms with Gasteiger partial charge in [-0.05, 0) is 13.3 Å². The molecular formula is C19H36IN7O2. The topological polar surface area (TPSA) is 88.8 Å². The third-order valence-corrected chi connectivity index (χ3v) is 5.42. The lowest BCUT2D eigenvalue weighted by Gasteiger charge is -2.31. The first kappa shape index (κ1) is 24.3. The Bertz CT molecular complexity index is 601. The fourth-order valence-electron chi connectivity index (χ4n) is 3.55. The predicted octanol–water partition coefficient (Wildman–Crippen LogP) is 0.751. The van der Waals surface area contributed by atoms with Gasteiger partial charge >= 0.3 is 0 Å². The SMILES string of the molecule is CCc1nncn1CCNC(=NCC(C)N1CCOCC1)NCC1CCOC1.I. The number of morpholine rings is 1. The summed E-state index contributed by atoms with van der Waals surface area (Å²) in [6.45, 7) is 12.9. The lowest BCUT2D eigenvalue weighted by atomic mass is 10.1. The van der Waals surface area contributed by atoms with Gasteiger partial charge in [0.2, 0.25) is 0 Å². The molecule has 0 aromatic carbocycles. The number of rotatable bonds is 9. The van der Waals surface area contributed by atoms with Crippen LogP contribution in [-0.2, 0) is 22.4 Å². The van der Waals surface area contributed by atoms with E-state index in [9.17, 15) is 0 Å². The molecule has 2 aliphatic heterocycles. The van der Waals surface area contributed by atoms with Gasteiger partial charge in [0.1, 0.15) is 12.2 Å². The molecule has 0 bridgehead atoms. The van der Waals surface area contributed by atoms with Crippen molar-refractivity contribution in [3.63, 3.8) is 0 Å². The number of halogens is 1. The Morgan fingerprint density at radius 3 is 2.83 bits per heavy atom. The van der Waals surface area contributed by atoms with Gasteiger partial charge in [0.15, 0.2) is 5.96 Å². The van der Waals surface area contributed by atoms with E-state index in [4.69, 9.17) is 14.5 Å². The lowest BCUT2D eigenvalue weighted by molar-refractivity contribution is 0.0220. The van der Waals surface area contributed by atoms with E-state index in [0.717, 1.165) is 90.3 Å². The Kier molecular flexibility index (Phi) is 11.2. The van der Waals surface area contributed by atoms with Crippen LogP contribution >= 0.6 is 24.0 Å². The van der Waals surface area contributed by atoms with Crippen LogP contribution in [0.1, 0.15) is 26.1 Å². The highest BCUT2D eigenvalue weighted by Gasteiger charge is 2.18. The highest BCUT2D eigenvalue weighted by molar-refractivity contribution is 14.0. The van der Waals surface area contributed by atoms with Crippen LogP contribution in [-0.4, -0.2) is 90.8 Å². The van der Waals surface area contributed by atoms with Crippen LogP contribution < -0.4 is 10.6 Å². The van der Waals surface area contributed by atoms with Gasteiger partial charge in [-0.15, -0.1) is 34.2 Å². The first-order chi connectivity index (χ1) is 13.8. The normalized spacial score (nSPS) is 21.6. The fourth-order valence-corrected chi connectivity index (χ4v) is 3.55. The minimum atomic E-state index is 0. The number of hydrogen-bond donors (Lipinski definition) is 2. The Morgan fingerprint density at radius 1 is 1.28 bits per heavy atom. The van der Waals surface area contributed by atoms with Crippen molar-refractivity contribution in [3.05, 3.63) is 12.2 Å². The number of aliphatic imine (C=N–C) groups is 1. The molecule has 3 heterocycles. The summed E-state index contributed by atoms with van der Waals surface area (Å²) in [5.74, 6) is 2.45. The maximum Gasteiger partial charge on any atom is 0.191 e. The molecule has 2 unspecified atom stereocenters. The molecule has 166 valence electrons. The minimum absolute atomic E-state index is 0. The summed E-state index contributed by atoms with van der Waals surface area (Å²) in [5, 5.41) is 15.1. The van der Waals surface area contributed by atoms with Crippen molar-refractivity contribution >= 4 is 29.9 Å². The molecule has 2 fully saturated rings. The van der Waals surface area contributed by atoms with Gasteiger partial charge in [0, 0.05) is 57.7 Å². The monoisotopic (exact) mass is 521 g/mol. The molecule has 0 spiro atoms. The number of guanidine groups is 1. The van der Waals surface area contributed by atoms with E-state index in [-0.39, 0.29) is 24.0 Å². The summed E-state index contributed by atoms with van der Waals surface area (Å²) in [6.07, 6.45) is 3.80. The molecule has 2 N–H and O–H groups in total. The van der Waals surface area contributed by atoms with Crippen molar-refractivity contribution in [1.29, 1.82) is 0 Å². The molecule has 9 nitrogen and oxygen atoms in total. The average molecular weight is 521 g/mol. The number of ether oxygens (including phenoxy) is 2. The minimum Gasteiger partial charge on any atom is -0.381 e. The molecule has 1 aromatic heterocycles. The van der Waals surface area contributed by atoms with Crippen molar-refractivity contribution in [2.75, 3.05) is 59.2 Å². The summed E-state index contributed by atoms with van der Waals surface area (Å²) in [4.78, 5) is 7.30. The third-order valence-electron chi connectivity index (χ3n) is 5.42. The average Bonchev–Trinajstić information content (AvgIpc) is 3.41. The highest BCUT2D eigenvalue weighted by atomic mass is 127. The van der Waals surface area contributed by atoms with Crippen LogP contribution in [0.15, 0.2) is 11.3 Å². The van der Waals surface area contributed by atoms with E-state index >= 15 is 0 Å². The number of hydrogen-bond acceptors (Lipinski definition) is 6. The molecular weight excluding hydrogens is 485 g/mol. The Balaban J connectivity index is 0.00000300. The van der Waals surface area contributed by atoms with Crippen LogP contribution in [0.25, 0.3) is 0 Å². The fraction of sp³-hybridized carbons (Fsp3) is 0.842. The molecule has 1 aromatic rings. The van der Waals surface area contributed by atoms with Crippen molar-refractivity contribution in [2.24, 2.45) is 10.9 Å². The summed E-state index contributed by atoms with van der Waals surface area (Å²) in [6, 6.07) is 0.404. The molecule has 0 amide bonds. The number of aromatic nitrogens is 3. The standard InChI is InChI=1S/C19H35N7O2.HI/c1-3-18-24-23-15-26(18)6-5-20-19(22-13-17-4-9-28-14-17)21-12-16(2)25-7-10-27-11-8-25;/h15-17H,3-14H2,1-2H3,(H2,20,21,22);1H. The van der Waals surface area contributed by atoms with Crippen molar-refractivity contribution < 1.29 is 9.47 Å². The second kappa shape index (κ2) is 13.3. The second-order valence-electron chi connectivity index (χ2n) is 7.52. The molecule has 2 atom stereocenters. The van der Waals surface area contributed by atoms with Crippen molar-refractivity contribution in [2.45, 2.75) is 39.3 Å². The smallest absolute Gasteiger partial charge is 0.191 e. The van der Waals surface area contributed by atoms with Crippen LogP contribution in [0.4, 0.5) is 0 Å². The molecule has 2 aliphatic rings. The maximum atomic E-state index is 5.49. The second-order valence-corrected chi connectivity index (χ2v) is 7.52. The predicted molar refractivity (Wildman–Crippen MR) is 124 cm³/mol. The van der Waals surface area contributed by atoms with E-state index < -0.39 is 0 Å². The van der Waals surface area contributed by atoms with Gasteiger partial charge in [0.25, 0.3) is 0 Å². The van der Waals surface area contributed by atoms with E-state index in [1.54, 1.807) is 6.33 Å². The maximum absolute atomic E-state index is 5.49. The number of nitrogens with one attached hydrogen (secondary N) is 2. The molecule has 0 aliphatic carbocycles. The first-order valence-electron chi connectivity index (χ1n) is 10.5. The van der Waals surface area contributed by atoms with E-state index in [2.05, 4.69) is 44.1 Å². The molecule has 29 heavy (non-hydrogen) atoms. The summed E-state index contributed by atoms with van der Waals surface area (Å²) >= 11 is 0. The van der Waals surface area contributed by atoms with Crippen LogP contribution in [0.3, 0.4) is 0 Å². The van der Waals surface area contributed by atoms with Crippen LogP contribution in [0.5, 0.6) is 0 Å². The van der Waals surface area contributed by atoms with Crippen LogP contribution in [0, 0.1) is 5.92 Å². The Morgan fingerprint density at radius 2 is 2.10 bits per heavy atom. The largest absolute Gasteiger partial charge is 0.381 e. The van der Waals surface area contributed by atoms with E-state index in [0.29, 0.717) is 12.0 Å². The zero-order valence-corrected chi connectivity index (χ0v) is 20.0. The molecule has 3 rings (SSSR count). The van der Waals surface area contributed by atoms with Gasteiger partial charge in [-0.2, -0.15) is 0 Å². The van der Waals surface area contributed by atoms with E-state index in [1.807, 2.05) is 0 Å². The summed E-state index contributed by atoms with van der Waals surface area (Å²) in [5.41, 5.74) is 0. The van der Waals surface area contributed by atoms with E-state index in [1.165, 1.54) is 0 Å². The summed E-state index contributed by atoms with van der Waals surface area (Å²) < 4.78 is 13.0. The molecule has 0 radical (unpaired) electrons. The van der Waals surface area contributed by atoms with Gasteiger partial charge in [0.05, 0.1) is 26.4 Å². The third kappa shape index (κ3) is 7.99. The zero-order chi connectivity index (χ0) is 19.6. The van der Waals surface area contributed by atoms with Gasteiger partial charge in [-0.1, -0.05) is 6.92 Å². The van der Waals surface area contributed by atoms with Crippen molar-refractivity contribution in [1.82, 2.24) is 30.3 Å². The zero-order valence-electron chi connectivity index (χ0n) is 17.7. The first-order valence-corrected chi connectivity index (χ1v) is 10.5. The molecule has 0 saturated carbocycles. The number of nitrogens with zero attached hydrogens (tertiary/aromatic N) is 5. The Labute approximate surface area is 191 Å². The van der Waals surface area contributed by atoms with Crippen molar-refractivity contribution in [3.8, 4) is 0 Å². The Hall–Kier alpha value is -0.980. The summed E-state index contributed by atoms with van der Waals surface area (Å²) in [7, 11) is 0. The quantitative estimate of drug-likeness (QED) is 0.282. The molecule has 2 saturated heterocycles. The molecule has 10 heteroatoms. The van der Waals surface area contributed by atoms with Gasteiger partial charge < -0.3 is 24.7 Å². The van der Waals surface area contributed by atoms with Crippen LogP contribution in [0.2, 0.25) is 0 Å². The van der Waals surface area contributed by atoms with Gasteiger partial charge in [-0.3, -0.25) is 9.89 Å². The number of aryl methyl sites for hydroxylation is 1. The van der Waals surface area contributed by atoms with Gasteiger partial charge in [-0.25, -0.2) is 0 Å².